The highest BCUT2D eigenvalue weighted by Gasteiger charge is 2.28. The van der Waals surface area contributed by atoms with Crippen LogP contribution in [0.3, 0.4) is 0 Å². The van der Waals surface area contributed by atoms with Crippen LogP contribution in [0.4, 0.5) is 4.39 Å². The predicted molar refractivity (Wildman–Crippen MR) is 82.6 cm³/mol. The van der Waals surface area contributed by atoms with Crippen molar-refractivity contribution in [3.63, 3.8) is 0 Å². The first-order chi connectivity index (χ1) is 10.2. The van der Waals surface area contributed by atoms with Crippen LogP contribution in [0.2, 0.25) is 0 Å². The third-order valence-corrected chi connectivity index (χ3v) is 4.60. The second-order valence-corrected chi connectivity index (χ2v) is 6.32. The second kappa shape index (κ2) is 6.31. The summed E-state index contributed by atoms with van der Waals surface area (Å²) < 4.78 is 13.0. The Kier molecular flexibility index (Phi) is 4.25. The molecule has 2 aromatic rings. The van der Waals surface area contributed by atoms with Gasteiger partial charge in [-0.1, -0.05) is 30.3 Å². The van der Waals surface area contributed by atoms with Crippen molar-refractivity contribution in [2.24, 2.45) is 0 Å². The van der Waals surface area contributed by atoms with Crippen LogP contribution < -0.4 is 5.32 Å². The van der Waals surface area contributed by atoms with Gasteiger partial charge in [-0.25, -0.2) is 4.39 Å². The summed E-state index contributed by atoms with van der Waals surface area (Å²) in [6.45, 7) is 0. The van der Waals surface area contributed by atoms with Crippen LogP contribution in [0.5, 0.6) is 0 Å². The van der Waals surface area contributed by atoms with Gasteiger partial charge >= 0.3 is 0 Å². The Labute approximate surface area is 127 Å². The molecule has 2 aromatic carbocycles. The third kappa shape index (κ3) is 3.85. The van der Waals surface area contributed by atoms with Crippen LogP contribution in [-0.2, 0) is 4.79 Å². The molecule has 1 amide bonds. The largest absolute Gasteiger partial charge is 0.352 e. The number of hydrogen-bond donors (Lipinski definition) is 1. The molecule has 4 heteroatoms. The van der Waals surface area contributed by atoms with Gasteiger partial charge in [0.15, 0.2) is 0 Å². The summed E-state index contributed by atoms with van der Waals surface area (Å²) in [6.07, 6.45) is 2.13. The van der Waals surface area contributed by atoms with Gasteiger partial charge in [0.1, 0.15) is 11.1 Å². The molecule has 1 aliphatic carbocycles. The normalized spacial score (nSPS) is 15.5. The molecule has 0 heterocycles. The molecule has 1 saturated carbocycles. The summed E-state index contributed by atoms with van der Waals surface area (Å²) in [5.74, 6) is -0.240. The second-order valence-electron chi connectivity index (χ2n) is 5.15. The summed E-state index contributed by atoms with van der Waals surface area (Å²) >= 11 is 1.45. The molecule has 0 bridgehead atoms. The Morgan fingerprint density at radius 1 is 1.10 bits per heavy atom. The van der Waals surface area contributed by atoms with Gasteiger partial charge in [-0.2, -0.15) is 0 Å². The topological polar surface area (TPSA) is 29.1 Å². The number of nitrogens with one attached hydrogen (secondary N) is 1. The standard InChI is InChI=1S/C17H16FNOS/c18-13-6-10-15(11-7-13)21-16(12-4-2-1-3-5-12)17(20)19-14-8-9-14/h1-7,10-11,14,16H,8-9H2,(H,19,20)/t16-/m1/s1. The maximum Gasteiger partial charge on any atom is 0.238 e. The lowest BCUT2D eigenvalue weighted by atomic mass is 10.1. The molecular weight excluding hydrogens is 285 g/mol. The Bertz CT molecular complexity index is 610. The minimum atomic E-state index is -0.308. The first kappa shape index (κ1) is 14.1. The molecule has 0 spiro atoms. The third-order valence-electron chi connectivity index (χ3n) is 3.33. The monoisotopic (exact) mass is 301 g/mol. The molecule has 0 radical (unpaired) electrons. The first-order valence-electron chi connectivity index (χ1n) is 7.00. The molecule has 0 saturated heterocycles. The summed E-state index contributed by atoms with van der Waals surface area (Å²) in [5.41, 5.74) is 0.963. The predicted octanol–water partition coefficient (Wildman–Crippen LogP) is 3.94. The zero-order chi connectivity index (χ0) is 14.7. The zero-order valence-corrected chi connectivity index (χ0v) is 12.3. The first-order valence-corrected chi connectivity index (χ1v) is 7.88. The van der Waals surface area contributed by atoms with Crippen molar-refractivity contribution >= 4 is 17.7 Å². The molecule has 0 aromatic heterocycles. The SMILES string of the molecule is O=C(NC1CC1)[C@H](Sc1ccc(F)cc1)c1ccccc1. The van der Waals surface area contributed by atoms with Gasteiger partial charge in [0.25, 0.3) is 0 Å². The Balaban J connectivity index is 1.80. The Hall–Kier alpha value is -1.81. The number of carbonyl (C=O) groups is 1. The van der Waals surface area contributed by atoms with Crippen LogP contribution in [-0.4, -0.2) is 11.9 Å². The van der Waals surface area contributed by atoms with Crippen molar-refractivity contribution in [3.8, 4) is 0 Å². The molecular formula is C17H16FNOS. The highest BCUT2D eigenvalue weighted by molar-refractivity contribution is 8.00. The van der Waals surface area contributed by atoms with Crippen molar-refractivity contribution in [3.05, 3.63) is 66.0 Å². The molecule has 21 heavy (non-hydrogen) atoms. The van der Waals surface area contributed by atoms with E-state index in [1.165, 1.54) is 23.9 Å². The molecule has 0 aliphatic heterocycles. The van der Waals surface area contributed by atoms with E-state index in [1.54, 1.807) is 12.1 Å². The number of carbonyl (C=O) groups excluding carboxylic acids is 1. The zero-order valence-electron chi connectivity index (χ0n) is 11.5. The number of halogens is 1. The van der Waals surface area contributed by atoms with E-state index in [0.717, 1.165) is 23.3 Å². The minimum absolute atomic E-state index is 0.0259. The number of rotatable bonds is 5. The molecule has 1 aliphatic rings. The van der Waals surface area contributed by atoms with Crippen LogP contribution in [0, 0.1) is 5.82 Å². The summed E-state index contributed by atoms with van der Waals surface area (Å²) in [6, 6.07) is 16.3. The minimum Gasteiger partial charge on any atom is -0.352 e. The summed E-state index contributed by atoms with van der Waals surface area (Å²) in [4.78, 5) is 13.3. The van der Waals surface area contributed by atoms with E-state index >= 15 is 0 Å². The van der Waals surface area contributed by atoms with E-state index in [0.29, 0.717) is 6.04 Å². The summed E-state index contributed by atoms with van der Waals surface area (Å²) in [7, 11) is 0. The molecule has 3 rings (SSSR count). The van der Waals surface area contributed by atoms with Gasteiger partial charge in [0, 0.05) is 10.9 Å². The lowest BCUT2D eigenvalue weighted by Crippen LogP contribution is -2.29. The van der Waals surface area contributed by atoms with Gasteiger partial charge in [0.05, 0.1) is 0 Å². The van der Waals surface area contributed by atoms with Crippen LogP contribution in [0.1, 0.15) is 23.7 Å². The highest BCUT2D eigenvalue weighted by Crippen LogP contribution is 2.36. The summed E-state index contributed by atoms with van der Waals surface area (Å²) in [5, 5.41) is 2.74. The molecule has 1 fully saturated rings. The smallest absolute Gasteiger partial charge is 0.238 e. The van der Waals surface area contributed by atoms with Crippen molar-refractivity contribution in [1.82, 2.24) is 5.32 Å². The fourth-order valence-electron chi connectivity index (χ4n) is 2.05. The van der Waals surface area contributed by atoms with Crippen molar-refractivity contribution < 1.29 is 9.18 Å². The van der Waals surface area contributed by atoms with Gasteiger partial charge in [0.2, 0.25) is 5.91 Å². The van der Waals surface area contributed by atoms with Gasteiger partial charge in [-0.15, -0.1) is 11.8 Å². The maximum atomic E-state index is 13.0. The number of benzene rings is 2. The van der Waals surface area contributed by atoms with E-state index in [4.69, 9.17) is 0 Å². The lowest BCUT2D eigenvalue weighted by molar-refractivity contribution is -0.120. The van der Waals surface area contributed by atoms with Gasteiger partial charge < -0.3 is 5.32 Å². The Morgan fingerprint density at radius 3 is 2.38 bits per heavy atom. The number of hydrogen-bond acceptors (Lipinski definition) is 2. The van der Waals surface area contributed by atoms with Crippen molar-refractivity contribution in [2.75, 3.05) is 0 Å². The van der Waals surface area contributed by atoms with Crippen molar-refractivity contribution in [2.45, 2.75) is 29.0 Å². The van der Waals surface area contributed by atoms with E-state index in [2.05, 4.69) is 5.32 Å². The van der Waals surface area contributed by atoms with Crippen LogP contribution in [0.25, 0.3) is 0 Å². The van der Waals surface area contributed by atoms with Gasteiger partial charge in [-0.05, 0) is 42.7 Å². The molecule has 1 N–H and O–H groups in total. The molecule has 1 atom stereocenters. The molecule has 0 unspecified atom stereocenters. The lowest BCUT2D eigenvalue weighted by Gasteiger charge is -2.17. The number of amides is 1. The van der Waals surface area contributed by atoms with Crippen LogP contribution in [0.15, 0.2) is 59.5 Å². The Morgan fingerprint density at radius 2 is 1.76 bits per heavy atom. The van der Waals surface area contributed by atoms with Crippen molar-refractivity contribution in [1.29, 1.82) is 0 Å². The van der Waals surface area contributed by atoms with E-state index < -0.39 is 0 Å². The highest BCUT2D eigenvalue weighted by atomic mass is 32.2. The average molecular weight is 301 g/mol. The molecule has 108 valence electrons. The van der Waals surface area contributed by atoms with E-state index in [-0.39, 0.29) is 17.0 Å². The quantitative estimate of drug-likeness (QED) is 0.848. The van der Waals surface area contributed by atoms with E-state index in [1.807, 2.05) is 30.3 Å². The number of thioether (sulfide) groups is 1. The average Bonchev–Trinajstić information content (AvgIpc) is 3.31. The fourth-order valence-corrected chi connectivity index (χ4v) is 3.09. The fraction of sp³-hybridized carbons (Fsp3) is 0.235. The maximum absolute atomic E-state index is 13.0. The van der Waals surface area contributed by atoms with Gasteiger partial charge in [-0.3, -0.25) is 4.79 Å². The molecule has 2 nitrogen and oxygen atoms in total. The van der Waals surface area contributed by atoms with Crippen LogP contribution >= 0.6 is 11.8 Å². The van der Waals surface area contributed by atoms with E-state index in [9.17, 15) is 9.18 Å².